The zero-order valence-electron chi connectivity index (χ0n) is 18.5. The number of benzene rings is 3. The Hall–Kier alpha value is -4.24. The van der Waals surface area contributed by atoms with Crippen LogP contribution in [-0.4, -0.2) is 36.4 Å². The van der Waals surface area contributed by atoms with Gasteiger partial charge in [-0.2, -0.15) is 9.78 Å². The van der Waals surface area contributed by atoms with Crippen LogP contribution in [0.1, 0.15) is 11.1 Å². The number of hydrogen-bond donors (Lipinski definition) is 1. The van der Waals surface area contributed by atoms with Crippen LogP contribution in [0.4, 0.5) is 5.82 Å². The van der Waals surface area contributed by atoms with Gasteiger partial charge in [-0.05, 0) is 54.4 Å². The van der Waals surface area contributed by atoms with Gasteiger partial charge >= 0.3 is 0 Å². The van der Waals surface area contributed by atoms with E-state index in [9.17, 15) is 8.42 Å². The van der Waals surface area contributed by atoms with Crippen molar-refractivity contribution in [1.29, 1.82) is 0 Å². The van der Waals surface area contributed by atoms with Crippen molar-refractivity contribution in [2.24, 2.45) is 5.10 Å². The number of nitrogens with two attached hydrogens (primary N) is 1. The van der Waals surface area contributed by atoms with Gasteiger partial charge in [-0.25, -0.2) is 18.4 Å². The molecule has 2 N–H and O–H groups in total. The summed E-state index contributed by atoms with van der Waals surface area (Å²) in [6.45, 7) is 1.96. The number of aromatic nitrogens is 3. The zero-order chi connectivity index (χ0) is 23.9. The van der Waals surface area contributed by atoms with Crippen LogP contribution in [0, 0.1) is 6.92 Å². The molecular formula is C25H21N5O3S. The summed E-state index contributed by atoms with van der Waals surface area (Å²) in [6, 6.07) is 21.1. The highest BCUT2D eigenvalue weighted by Crippen LogP contribution is 2.35. The van der Waals surface area contributed by atoms with E-state index >= 15 is 0 Å². The van der Waals surface area contributed by atoms with Gasteiger partial charge in [-0.3, -0.25) is 0 Å². The molecule has 5 rings (SSSR count). The molecule has 3 aromatic carbocycles. The first-order valence-electron chi connectivity index (χ1n) is 10.5. The van der Waals surface area contributed by atoms with Crippen molar-refractivity contribution < 1.29 is 13.2 Å². The van der Waals surface area contributed by atoms with Gasteiger partial charge in [-0.1, -0.05) is 36.4 Å². The number of para-hydroxylation sites is 2. The summed E-state index contributed by atoms with van der Waals surface area (Å²) < 4.78 is 33.9. The molecule has 5 aromatic rings. The molecule has 0 aliphatic carbocycles. The maximum absolute atomic E-state index is 13.7. The minimum Gasteiger partial charge on any atom is -0.497 e. The van der Waals surface area contributed by atoms with Crippen molar-refractivity contribution in [3.63, 3.8) is 0 Å². The number of nitrogen functional groups attached to an aromatic ring is 1. The lowest BCUT2D eigenvalue weighted by atomic mass is 10.1. The average molecular weight is 472 g/mol. The summed E-state index contributed by atoms with van der Waals surface area (Å²) in [6.07, 6.45) is 1.63. The van der Waals surface area contributed by atoms with Crippen molar-refractivity contribution in [3.05, 3.63) is 83.9 Å². The van der Waals surface area contributed by atoms with Crippen molar-refractivity contribution in [3.8, 4) is 5.75 Å². The molecule has 0 atom stereocenters. The zero-order valence-corrected chi connectivity index (χ0v) is 19.3. The molecule has 0 spiro atoms. The number of rotatable bonds is 5. The van der Waals surface area contributed by atoms with E-state index in [2.05, 4.69) is 15.1 Å². The Morgan fingerprint density at radius 3 is 2.26 bits per heavy atom. The molecule has 0 unspecified atom stereocenters. The van der Waals surface area contributed by atoms with E-state index in [4.69, 9.17) is 10.5 Å². The molecule has 0 fully saturated rings. The van der Waals surface area contributed by atoms with Gasteiger partial charge in [0.05, 0.1) is 29.3 Å². The third-order valence-corrected chi connectivity index (χ3v) is 7.40. The Bertz CT molecular complexity index is 1670. The molecule has 8 nitrogen and oxygen atoms in total. The Kier molecular flexibility index (Phi) is 5.25. The van der Waals surface area contributed by atoms with Crippen LogP contribution in [0.25, 0.3) is 22.2 Å². The molecule has 2 heterocycles. The highest BCUT2D eigenvalue weighted by molar-refractivity contribution is 7.92. The molecule has 9 heteroatoms. The van der Waals surface area contributed by atoms with Gasteiger partial charge < -0.3 is 10.5 Å². The van der Waals surface area contributed by atoms with E-state index in [1.807, 2.05) is 43.3 Å². The molecule has 0 saturated heterocycles. The molecule has 2 aromatic heterocycles. The lowest BCUT2D eigenvalue weighted by Crippen LogP contribution is -2.06. The monoisotopic (exact) mass is 471 g/mol. The van der Waals surface area contributed by atoms with Crippen LogP contribution >= 0.6 is 0 Å². The first-order chi connectivity index (χ1) is 16.4. The number of ether oxygens (including phenoxy) is 1. The van der Waals surface area contributed by atoms with Crippen LogP contribution < -0.4 is 10.5 Å². The second kappa shape index (κ2) is 8.27. The molecule has 0 amide bonds. The molecule has 0 bridgehead atoms. The lowest BCUT2D eigenvalue weighted by molar-refractivity contribution is 0.414. The van der Waals surface area contributed by atoms with Crippen molar-refractivity contribution in [2.75, 3.05) is 12.8 Å². The van der Waals surface area contributed by atoms with Crippen LogP contribution in [-0.2, 0) is 9.84 Å². The second-order valence-electron chi connectivity index (χ2n) is 7.69. The Balaban J connectivity index is 1.78. The number of aryl methyl sites for hydroxylation is 1. The highest BCUT2D eigenvalue weighted by Gasteiger charge is 2.30. The van der Waals surface area contributed by atoms with E-state index in [1.54, 1.807) is 30.5 Å². The van der Waals surface area contributed by atoms with Crippen molar-refractivity contribution >= 4 is 44.1 Å². The average Bonchev–Trinajstić information content (AvgIpc) is 3.12. The molecular weight excluding hydrogens is 450 g/mol. The molecule has 0 saturated carbocycles. The fraction of sp³-hybridized carbons (Fsp3) is 0.0800. The summed E-state index contributed by atoms with van der Waals surface area (Å²) >= 11 is 0. The van der Waals surface area contributed by atoms with Crippen LogP contribution in [0.15, 0.2) is 87.7 Å². The lowest BCUT2D eigenvalue weighted by Gasteiger charge is -2.06. The first-order valence-corrected chi connectivity index (χ1v) is 11.9. The molecule has 34 heavy (non-hydrogen) atoms. The molecule has 0 radical (unpaired) electrons. The first kappa shape index (κ1) is 21.6. The third-order valence-electron chi connectivity index (χ3n) is 5.57. The minimum absolute atomic E-state index is 0.0639. The summed E-state index contributed by atoms with van der Waals surface area (Å²) in [5.74, 6) is 0.480. The highest BCUT2D eigenvalue weighted by atomic mass is 32.2. The van der Waals surface area contributed by atoms with Crippen molar-refractivity contribution in [1.82, 2.24) is 14.6 Å². The number of hydrogen-bond acceptors (Lipinski definition) is 7. The Labute approximate surface area is 196 Å². The topological polar surface area (TPSA) is 112 Å². The predicted molar refractivity (Wildman–Crippen MR) is 132 cm³/mol. The third kappa shape index (κ3) is 3.56. The fourth-order valence-corrected chi connectivity index (χ4v) is 5.21. The minimum atomic E-state index is -4.04. The van der Waals surface area contributed by atoms with E-state index in [-0.39, 0.29) is 26.8 Å². The second-order valence-corrected chi connectivity index (χ2v) is 9.58. The summed E-state index contributed by atoms with van der Waals surface area (Å²) in [5, 5.41) is 4.51. The number of fused-ring (bicyclic) bond motifs is 2. The molecule has 0 aliphatic rings. The van der Waals surface area contributed by atoms with E-state index in [0.29, 0.717) is 16.8 Å². The molecule has 170 valence electrons. The Morgan fingerprint density at radius 1 is 0.941 bits per heavy atom. The maximum atomic E-state index is 13.7. The van der Waals surface area contributed by atoms with E-state index in [0.717, 1.165) is 11.1 Å². The number of sulfone groups is 1. The summed E-state index contributed by atoms with van der Waals surface area (Å²) in [4.78, 5) is 9.20. The number of anilines is 1. The normalized spacial score (nSPS) is 12.1. The van der Waals surface area contributed by atoms with Gasteiger partial charge in [-0.15, -0.1) is 0 Å². The maximum Gasteiger partial charge on any atom is 0.212 e. The van der Waals surface area contributed by atoms with Gasteiger partial charge in [0.25, 0.3) is 0 Å². The summed E-state index contributed by atoms with van der Waals surface area (Å²) in [7, 11) is -2.52. The molecule has 0 aliphatic heterocycles. The quantitative estimate of drug-likeness (QED) is 0.385. The standard InChI is InChI=1S/C25H21N5O3S/c1-16-7-3-4-8-17(16)15-27-30-24(26)23(34(31,32)19-13-11-18(33-2)12-14-19)22-25(30)29-21-10-6-5-9-20(21)28-22/h3-15H,26H2,1-2H3/b27-15+. The van der Waals surface area contributed by atoms with Crippen LogP contribution in [0.2, 0.25) is 0 Å². The van der Waals surface area contributed by atoms with Gasteiger partial charge in [0.15, 0.2) is 5.65 Å². The predicted octanol–water partition coefficient (Wildman–Crippen LogP) is 4.20. The largest absolute Gasteiger partial charge is 0.497 e. The number of nitrogens with zero attached hydrogens (tertiary/aromatic N) is 4. The number of methoxy groups -OCH3 is 1. The van der Waals surface area contributed by atoms with Crippen LogP contribution in [0.3, 0.4) is 0 Å². The summed E-state index contributed by atoms with van der Waals surface area (Å²) in [5.41, 5.74) is 9.90. The van der Waals surface area contributed by atoms with Crippen LogP contribution in [0.5, 0.6) is 5.75 Å². The van der Waals surface area contributed by atoms with Gasteiger partial charge in [0.2, 0.25) is 9.84 Å². The van der Waals surface area contributed by atoms with Gasteiger partial charge in [0, 0.05) is 0 Å². The van der Waals surface area contributed by atoms with Crippen molar-refractivity contribution in [2.45, 2.75) is 16.7 Å². The Morgan fingerprint density at radius 2 is 1.59 bits per heavy atom. The fourth-order valence-electron chi connectivity index (χ4n) is 3.73. The van der Waals surface area contributed by atoms with Gasteiger partial charge in [0.1, 0.15) is 22.0 Å². The smallest absolute Gasteiger partial charge is 0.212 e. The van der Waals surface area contributed by atoms with E-state index in [1.165, 1.54) is 23.9 Å². The van der Waals surface area contributed by atoms with E-state index < -0.39 is 9.84 Å². The SMILES string of the molecule is COc1ccc(S(=O)(=O)c2c(N)n(/N=C/c3ccccc3C)c3nc4ccccc4nc23)cc1.